The van der Waals surface area contributed by atoms with Crippen molar-refractivity contribution in [3.8, 4) is 6.07 Å². The largest absolute Gasteiger partial charge is 0.274 e. The molecule has 2 aliphatic rings. The van der Waals surface area contributed by atoms with Gasteiger partial charge >= 0.3 is 0 Å². The highest BCUT2D eigenvalue weighted by atomic mass is 79.9. The number of amides is 2. The monoisotopic (exact) mass is 455 g/mol. The first-order valence-electron chi connectivity index (χ1n) is 9.18. The molecule has 0 N–H and O–H groups in total. The summed E-state index contributed by atoms with van der Waals surface area (Å²) >= 11 is 4.59. The molecule has 0 saturated carbocycles. The van der Waals surface area contributed by atoms with E-state index in [4.69, 9.17) is 4.98 Å². The van der Waals surface area contributed by atoms with Gasteiger partial charge in [-0.1, -0.05) is 34.6 Å². The van der Waals surface area contributed by atoms with Crippen molar-refractivity contribution in [2.45, 2.75) is 42.9 Å². The Bertz CT molecular complexity index is 1000. The topological polar surface area (TPSA) is 74.1 Å². The minimum atomic E-state index is -0.559. The van der Waals surface area contributed by atoms with E-state index in [0.717, 1.165) is 35.0 Å². The third-order valence-electron chi connectivity index (χ3n) is 5.16. The number of aromatic nitrogens is 1. The van der Waals surface area contributed by atoms with Gasteiger partial charge in [-0.3, -0.25) is 9.59 Å². The van der Waals surface area contributed by atoms with Gasteiger partial charge in [-0.25, -0.2) is 9.88 Å². The fourth-order valence-electron chi connectivity index (χ4n) is 3.69. The quantitative estimate of drug-likeness (QED) is 0.646. The van der Waals surface area contributed by atoms with Gasteiger partial charge in [0.15, 0.2) is 0 Å². The van der Waals surface area contributed by atoms with Gasteiger partial charge in [0.05, 0.1) is 16.5 Å². The molecule has 7 heteroatoms. The molecule has 2 aromatic rings. The Kier molecular flexibility index (Phi) is 5.26. The number of hydrogen-bond acceptors (Lipinski definition) is 5. The van der Waals surface area contributed by atoms with E-state index in [1.807, 2.05) is 6.07 Å². The number of fused-ring (bicyclic) bond motifs is 1. The lowest BCUT2D eigenvalue weighted by Gasteiger charge is -2.22. The van der Waals surface area contributed by atoms with Crippen LogP contribution in [0, 0.1) is 17.2 Å². The molecular formula is C21H18BrN3O2S. The van der Waals surface area contributed by atoms with Gasteiger partial charge in [0.1, 0.15) is 11.1 Å². The molecular weight excluding hydrogens is 438 g/mol. The Balaban J connectivity index is 1.60. The van der Waals surface area contributed by atoms with E-state index in [2.05, 4.69) is 28.9 Å². The Labute approximate surface area is 176 Å². The zero-order valence-corrected chi connectivity index (χ0v) is 17.7. The third-order valence-corrected chi connectivity index (χ3v) is 6.88. The molecule has 4 rings (SSSR count). The molecule has 2 heterocycles. The Morgan fingerprint density at radius 3 is 2.71 bits per heavy atom. The number of thioether (sulfide) groups is 1. The minimum absolute atomic E-state index is 0.111. The standard InChI is InChI=1S/C21H18BrN3O2S/c1-12-2-7-17-13(8-12)9-14(11-23)20(24-17)28-18-10-19(26)25(21(18)27)16-5-3-15(22)4-6-16/h3-6,9,12,18H,2,7-8,10H2,1H3/t12-,18+/m0/s1. The number of aryl methyl sites for hydroxylation is 1. The van der Waals surface area contributed by atoms with Crippen molar-refractivity contribution in [3.63, 3.8) is 0 Å². The summed E-state index contributed by atoms with van der Waals surface area (Å²) in [6.07, 6.45) is 3.01. The van der Waals surface area contributed by atoms with Crippen molar-refractivity contribution < 1.29 is 9.59 Å². The van der Waals surface area contributed by atoms with E-state index in [-0.39, 0.29) is 18.2 Å². The molecule has 1 aliphatic carbocycles. The van der Waals surface area contributed by atoms with Crippen LogP contribution in [0.25, 0.3) is 0 Å². The van der Waals surface area contributed by atoms with Gasteiger partial charge in [-0.2, -0.15) is 5.26 Å². The number of imide groups is 1. The second-order valence-electron chi connectivity index (χ2n) is 7.26. The first-order chi connectivity index (χ1) is 13.5. The number of nitrogens with zero attached hydrogens (tertiary/aromatic N) is 3. The fourth-order valence-corrected chi connectivity index (χ4v) is 5.05. The van der Waals surface area contributed by atoms with E-state index < -0.39 is 5.25 Å². The molecule has 0 unspecified atom stereocenters. The van der Waals surface area contributed by atoms with Crippen molar-refractivity contribution in [2.75, 3.05) is 4.90 Å². The number of halogens is 1. The van der Waals surface area contributed by atoms with E-state index in [0.29, 0.717) is 22.2 Å². The molecule has 1 aromatic heterocycles. The van der Waals surface area contributed by atoms with Gasteiger partial charge < -0.3 is 0 Å². The van der Waals surface area contributed by atoms with Crippen molar-refractivity contribution in [1.29, 1.82) is 5.26 Å². The predicted molar refractivity (Wildman–Crippen MR) is 111 cm³/mol. The first kappa shape index (κ1) is 19.2. The van der Waals surface area contributed by atoms with Crippen molar-refractivity contribution >= 4 is 45.2 Å². The van der Waals surface area contributed by atoms with Crippen molar-refractivity contribution in [3.05, 3.63) is 51.6 Å². The van der Waals surface area contributed by atoms with Gasteiger partial charge in [-0.15, -0.1) is 0 Å². The highest BCUT2D eigenvalue weighted by molar-refractivity contribution is 9.10. The van der Waals surface area contributed by atoms with Crippen molar-refractivity contribution in [1.82, 2.24) is 4.98 Å². The minimum Gasteiger partial charge on any atom is -0.274 e. The summed E-state index contributed by atoms with van der Waals surface area (Å²) in [6, 6.07) is 11.2. The highest BCUT2D eigenvalue weighted by Crippen LogP contribution is 2.36. The van der Waals surface area contributed by atoms with Crippen LogP contribution in [0.3, 0.4) is 0 Å². The van der Waals surface area contributed by atoms with Crippen LogP contribution in [-0.2, 0) is 22.4 Å². The van der Waals surface area contributed by atoms with Crippen LogP contribution in [0.15, 0.2) is 39.8 Å². The van der Waals surface area contributed by atoms with Crippen LogP contribution in [0.2, 0.25) is 0 Å². The highest BCUT2D eigenvalue weighted by Gasteiger charge is 2.40. The van der Waals surface area contributed by atoms with E-state index >= 15 is 0 Å². The normalized spacial score (nSPS) is 21.5. The maximum Gasteiger partial charge on any atom is 0.247 e. The molecule has 0 spiro atoms. The maximum atomic E-state index is 12.9. The average Bonchev–Trinajstić information content (AvgIpc) is 2.95. The van der Waals surface area contributed by atoms with Crippen LogP contribution in [-0.4, -0.2) is 22.0 Å². The van der Waals surface area contributed by atoms with Crippen LogP contribution >= 0.6 is 27.7 Å². The smallest absolute Gasteiger partial charge is 0.247 e. The van der Waals surface area contributed by atoms with Crippen LogP contribution in [0.5, 0.6) is 0 Å². The summed E-state index contributed by atoms with van der Waals surface area (Å²) in [5.74, 6) is 0.109. The zero-order valence-electron chi connectivity index (χ0n) is 15.3. The Hall–Kier alpha value is -2.17. The average molecular weight is 456 g/mol. The lowest BCUT2D eigenvalue weighted by molar-refractivity contribution is -0.121. The number of benzene rings is 1. The van der Waals surface area contributed by atoms with Crippen LogP contribution in [0.4, 0.5) is 5.69 Å². The number of pyridine rings is 1. The summed E-state index contributed by atoms with van der Waals surface area (Å²) in [6.45, 7) is 2.21. The lowest BCUT2D eigenvalue weighted by Crippen LogP contribution is -2.31. The van der Waals surface area contributed by atoms with E-state index in [1.165, 1.54) is 16.7 Å². The molecule has 2 amide bonds. The van der Waals surface area contributed by atoms with Crippen LogP contribution < -0.4 is 4.90 Å². The molecule has 5 nitrogen and oxygen atoms in total. The molecule has 1 aromatic carbocycles. The number of anilines is 1. The molecule has 142 valence electrons. The molecule has 0 radical (unpaired) electrons. The maximum absolute atomic E-state index is 12.9. The number of hydrogen-bond donors (Lipinski definition) is 0. The van der Waals surface area contributed by atoms with E-state index in [9.17, 15) is 14.9 Å². The van der Waals surface area contributed by atoms with Gasteiger partial charge in [-0.05, 0) is 61.1 Å². The SMILES string of the molecule is C[C@H]1CCc2nc(S[C@@H]3CC(=O)N(c4ccc(Br)cc4)C3=O)c(C#N)cc2C1. The summed E-state index contributed by atoms with van der Waals surface area (Å²) in [4.78, 5) is 31.3. The second kappa shape index (κ2) is 7.69. The van der Waals surface area contributed by atoms with Crippen LogP contribution in [0.1, 0.15) is 36.6 Å². The fraction of sp³-hybridized carbons (Fsp3) is 0.333. The summed E-state index contributed by atoms with van der Waals surface area (Å²) in [5.41, 5.74) is 3.19. The number of rotatable bonds is 3. The molecule has 1 aliphatic heterocycles. The molecule has 2 atom stereocenters. The van der Waals surface area contributed by atoms with E-state index in [1.54, 1.807) is 24.3 Å². The summed E-state index contributed by atoms with van der Waals surface area (Å²) < 4.78 is 0.882. The predicted octanol–water partition coefficient (Wildman–Crippen LogP) is 4.26. The molecule has 28 heavy (non-hydrogen) atoms. The third kappa shape index (κ3) is 3.59. The van der Waals surface area contributed by atoms with Crippen molar-refractivity contribution in [2.24, 2.45) is 5.92 Å². The molecule has 1 saturated heterocycles. The Morgan fingerprint density at radius 2 is 2.00 bits per heavy atom. The summed E-state index contributed by atoms with van der Waals surface area (Å²) in [7, 11) is 0. The number of carbonyl (C=O) groups is 2. The van der Waals surface area contributed by atoms with Gasteiger partial charge in [0.25, 0.3) is 0 Å². The molecule has 1 fully saturated rings. The molecule has 0 bridgehead atoms. The second-order valence-corrected chi connectivity index (χ2v) is 9.37. The Morgan fingerprint density at radius 1 is 1.25 bits per heavy atom. The van der Waals surface area contributed by atoms with Gasteiger partial charge in [0, 0.05) is 16.6 Å². The number of nitriles is 1. The lowest BCUT2D eigenvalue weighted by atomic mass is 9.87. The zero-order chi connectivity index (χ0) is 19.8. The van der Waals surface area contributed by atoms with Gasteiger partial charge in [0.2, 0.25) is 11.8 Å². The first-order valence-corrected chi connectivity index (χ1v) is 10.9. The summed E-state index contributed by atoms with van der Waals surface area (Å²) in [5, 5.41) is 9.56. The number of carbonyl (C=O) groups excluding carboxylic acids is 2.